The third kappa shape index (κ3) is 64.1. The number of carbonyl (C=O) groups is 3. The monoisotopic (exact) mass is 1140 g/mol. The summed E-state index contributed by atoms with van der Waals surface area (Å²) in [7, 11) is 5.98. The van der Waals surface area contributed by atoms with Gasteiger partial charge in [-0.05, 0) is 64.2 Å². The van der Waals surface area contributed by atoms with Gasteiger partial charge in [0.15, 0.2) is 6.10 Å². The van der Waals surface area contributed by atoms with Crippen molar-refractivity contribution in [1.29, 1.82) is 0 Å². The SMILES string of the molecule is CC/C=C\C/C=C\C/C=C\C/C=C\C/C=C\C/C=C\CCCCCCCCCCCCCCCCCCCCCCCCC(=O)OC(COC(=O)CCCCCCCCCCCCCCCCC)COC(OCC[N+](C)(C)C)C(=O)O. The van der Waals surface area contributed by atoms with Gasteiger partial charge in [0, 0.05) is 12.8 Å². The minimum absolute atomic E-state index is 0.177. The maximum Gasteiger partial charge on any atom is 0.361 e. The van der Waals surface area contributed by atoms with Gasteiger partial charge in [-0.3, -0.25) is 9.59 Å². The van der Waals surface area contributed by atoms with Crippen molar-refractivity contribution in [3.8, 4) is 0 Å². The molecule has 2 unspecified atom stereocenters. The number of likely N-dealkylation sites (N-methyl/N-ethyl adjacent to an activating group) is 1. The van der Waals surface area contributed by atoms with Crippen molar-refractivity contribution < 1.29 is 42.9 Å². The molecule has 0 aromatic rings. The van der Waals surface area contributed by atoms with Crippen LogP contribution in [0.5, 0.6) is 0 Å². The Hall–Kier alpha value is -3.27. The van der Waals surface area contributed by atoms with Gasteiger partial charge in [0.2, 0.25) is 0 Å². The lowest BCUT2D eigenvalue weighted by atomic mass is 10.0. The van der Waals surface area contributed by atoms with Gasteiger partial charge >= 0.3 is 17.9 Å². The molecule has 0 aliphatic rings. The minimum Gasteiger partial charge on any atom is -0.477 e. The number of carbonyl (C=O) groups excluding carboxylic acids is 2. The first-order valence-electron chi connectivity index (χ1n) is 34.1. The van der Waals surface area contributed by atoms with E-state index in [2.05, 4.69) is 86.8 Å². The molecular formula is C72H130NO8+. The van der Waals surface area contributed by atoms with E-state index in [1.807, 2.05) is 21.1 Å². The Morgan fingerprint density at radius 1 is 0.383 bits per heavy atom. The molecule has 9 nitrogen and oxygen atoms in total. The van der Waals surface area contributed by atoms with Crippen molar-refractivity contribution >= 4 is 17.9 Å². The summed E-state index contributed by atoms with van der Waals surface area (Å²) in [5.41, 5.74) is 0. The number of carboxylic acids is 1. The van der Waals surface area contributed by atoms with Crippen molar-refractivity contribution in [1.82, 2.24) is 0 Å². The third-order valence-corrected chi connectivity index (χ3v) is 15.0. The Morgan fingerprint density at radius 3 is 1.05 bits per heavy atom. The lowest BCUT2D eigenvalue weighted by Crippen LogP contribution is -2.40. The molecular weight excluding hydrogens is 1010 g/mol. The standard InChI is InChI=1S/C72H129NO8/c1-6-8-10-12-14-16-18-20-22-23-24-25-26-27-28-29-30-31-32-33-34-35-36-37-38-39-40-41-42-43-44-45-46-47-49-51-53-55-57-59-61-63-70(75)81-68(67-80-72(71(76)77)78-65-64-73(3,4)5)66-79-69(74)62-60-58-56-54-52-50-48-21-19-17-15-13-11-9-7-2/h8,10,14,16,20,22,24-25,27-28,30-31,68,72H,6-7,9,11-13,15,17-19,21,23,26,29,32-67H2,1-5H3/p+1/b10-8-,16-14-,22-20-,25-24-,28-27-,31-30-. The van der Waals surface area contributed by atoms with Crippen LogP contribution in [0.1, 0.15) is 309 Å². The van der Waals surface area contributed by atoms with Gasteiger partial charge < -0.3 is 28.5 Å². The van der Waals surface area contributed by atoms with Gasteiger partial charge in [-0.1, -0.05) is 305 Å². The summed E-state index contributed by atoms with van der Waals surface area (Å²) in [6.07, 6.45) is 80.2. The molecule has 0 heterocycles. The molecule has 9 heteroatoms. The van der Waals surface area contributed by atoms with Crippen molar-refractivity contribution in [2.24, 2.45) is 0 Å². The third-order valence-electron chi connectivity index (χ3n) is 15.0. The molecule has 0 aliphatic heterocycles. The van der Waals surface area contributed by atoms with Gasteiger partial charge in [-0.2, -0.15) is 0 Å². The summed E-state index contributed by atoms with van der Waals surface area (Å²) in [5, 5.41) is 9.72. The Morgan fingerprint density at radius 2 is 0.704 bits per heavy atom. The molecule has 0 aliphatic carbocycles. The van der Waals surface area contributed by atoms with E-state index in [0.29, 0.717) is 17.4 Å². The largest absolute Gasteiger partial charge is 0.477 e. The van der Waals surface area contributed by atoms with E-state index in [0.717, 1.165) is 77.0 Å². The predicted molar refractivity (Wildman–Crippen MR) is 346 cm³/mol. The molecule has 0 radical (unpaired) electrons. The van der Waals surface area contributed by atoms with Gasteiger partial charge in [0.25, 0.3) is 6.29 Å². The number of ether oxygens (including phenoxy) is 4. The normalized spacial score (nSPS) is 13.1. The van der Waals surface area contributed by atoms with Gasteiger partial charge in [-0.25, -0.2) is 4.79 Å². The maximum absolute atomic E-state index is 12.9. The zero-order valence-electron chi connectivity index (χ0n) is 53.7. The second kappa shape index (κ2) is 62.8. The Kier molecular flexibility index (Phi) is 60.2. The van der Waals surface area contributed by atoms with Crippen LogP contribution in [0, 0.1) is 0 Å². The van der Waals surface area contributed by atoms with E-state index < -0.39 is 18.4 Å². The molecule has 0 amide bonds. The van der Waals surface area contributed by atoms with Crippen molar-refractivity contribution in [3.63, 3.8) is 0 Å². The smallest absolute Gasteiger partial charge is 0.361 e. The van der Waals surface area contributed by atoms with E-state index >= 15 is 0 Å². The number of rotatable bonds is 63. The van der Waals surface area contributed by atoms with Gasteiger partial charge in [0.1, 0.15) is 13.2 Å². The van der Waals surface area contributed by atoms with Crippen LogP contribution >= 0.6 is 0 Å². The number of hydrogen-bond donors (Lipinski definition) is 1. The molecule has 1 N–H and O–H groups in total. The molecule has 0 fully saturated rings. The Labute approximate surface area is 500 Å². The molecule has 0 aromatic heterocycles. The minimum atomic E-state index is -1.51. The lowest BCUT2D eigenvalue weighted by molar-refractivity contribution is -0.870. The molecule has 470 valence electrons. The molecule has 81 heavy (non-hydrogen) atoms. The molecule has 2 atom stereocenters. The quantitative estimate of drug-likeness (QED) is 0.0211. The zero-order valence-corrected chi connectivity index (χ0v) is 53.7. The molecule has 0 rings (SSSR count). The highest BCUT2D eigenvalue weighted by molar-refractivity contribution is 5.71. The van der Waals surface area contributed by atoms with Crippen LogP contribution in [-0.2, 0) is 33.3 Å². The molecule has 0 aromatic carbocycles. The zero-order chi connectivity index (χ0) is 59.1. The number of carboxylic acid groups (broad SMARTS) is 1. The lowest BCUT2D eigenvalue weighted by Gasteiger charge is -2.25. The van der Waals surface area contributed by atoms with Crippen molar-refractivity contribution in [2.75, 3.05) is 47.5 Å². The second-order valence-corrected chi connectivity index (χ2v) is 24.1. The van der Waals surface area contributed by atoms with E-state index in [1.165, 1.54) is 205 Å². The van der Waals surface area contributed by atoms with Gasteiger partial charge in [-0.15, -0.1) is 0 Å². The van der Waals surface area contributed by atoms with E-state index in [4.69, 9.17) is 18.9 Å². The number of allylic oxidation sites excluding steroid dienone is 12. The highest BCUT2D eigenvalue weighted by atomic mass is 16.7. The first-order chi connectivity index (χ1) is 39.6. The van der Waals surface area contributed by atoms with Crippen molar-refractivity contribution in [3.05, 3.63) is 72.9 Å². The van der Waals surface area contributed by atoms with Crippen molar-refractivity contribution in [2.45, 2.75) is 322 Å². The van der Waals surface area contributed by atoms with Crippen LogP contribution in [0.3, 0.4) is 0 Å². The number of unbranched alkanes of at least 4 members (excludes halogenated alkanes) is 36. The number of nitrogens with zero attached hydrogens (tertiary/aromatic N) is 1. The summed E-state index contributed by atoms with van der Waals surface area (Å²) in [4.78, 5) is 37.5. The Balaban J connectivity index is 3.95. The van der Waals surface area contributed by atoms with Crippen LogP contribution in [0.4, 0.5) is 0 Å². The summed E-state index contributed by atoms with van der Waals surface area (Å²) in [5.74, 6) is -1.98. The molecule has 0 bridgehead atoms. The average molecular weight is 1140 g/mol. The number of quaternary nitrogens is 1. The average Bonchev–Trinajstić information content (AvgIpc) is 3.44. The van der Waals surface area contributed by atoms with E-state index in [-0.39, 0.29) is 38.2 Å². The van der Waals surface area contributed by atoms with E-state index in [9.17, 15) is 19.5 Å². The van der Waals surface area contributed by atoms with E-state index in [1.54, 1.807) is 0 Å². The summed E-state index contributed by atoms with van der Waals surface area (Å²) in [6, 6.07) is 0. The maximum atomic E-state index is 12.9. The van der Waals surface area contributed by atoms with Crippen LogP contribution in [-0.4, -0.2) is 87.4 Å². The Bertz CT molecular complexity index is 1560. The fraction of sp³-hybridized carbons (Fsp3) is 0.792. The highest BCUT2D eigenvalue weighted by Crippen LogP contribution is 2.18. The second-order valence-electron chi connectivity index (χ2n) is 24.1. The fourth-order valence-corrected chi connectivity index (χ4v) is 9.79. The molecule has 0 saturated carbocycles. The summed E-state index contributed by atoms with van der Waals surface area (Å²) < 4.78 is 22.9. The highest BCUT2D eigenvalue weighted by Gasteiger charge is 2.25. The fourth-order valence-electron chi connectivity index (χ4n) is 9.79. The molecule has 0 spiro atoms. The number of hydrogen-bond acceptors (Lipinski definition) is 7. The number of esters is 2. The van der Waals surface area contributed by atoms with Crippen LogP contribution < -0.4 is 0 Å². The predicted octanol–water partition coefficient (Wildman–Crippen LogP) is 20.9. The molecule has 0 saturated heterocycles. The van der Waals surface area contributed by atoms with Crippen LogP contribution in [0.2, 0.25) is 0 Å². The van der Waals surface area contributed by atoms with Crippen LogP contribution in [0.15, 0.2) is 72.9 Å². The van der Waals surface area contributed by atoms with Crippen LogP contribution in [0.25, 0.3) is 0 Å². The van der Waals surface area contributed by atoms with Gasteiger partial charge in [0.05, 0.1) is 34.4 Å². The summed E-state index contributed by atoms with van der Waals surface area (Å²) in [6.45, 7) is 4.80. The first kappa shape index (κ1) is 77.7. The topological polar surface area (TPSA) is 108 Å². The number of aliphatic carboxylic acids is 1. The summed E-state index contributed by atoms with van der Waals surface area (Å²) >= 11 is 0. The first-order valence-corrected chi connectivity index (χ1v) is 34.1.